The van der Waals surface area contributed by atoms with E-state index in [4.69, 9.17) is 4.74 Å². The summed E-state index contributed by atoms with van der Waals surface area (Å²) >= 11 is 0. The van der Waals surface area contributed by atoms with E-state index in [1.54, 1.807) is 36.4 Å². The van der Waals surface area contributed by atoms with Crippen LogP contribution in [0.3, 0.4) is 0 Å². The number of halogens is 4. The summed E-state index contributed by atoms with van der Waals surface area (Å²) in [6.07, 6.45) is 4.16. The minimum absolute atomic E-state index is 0.139. The fourth-order valence-electron chi connectivity index (χ4n) is 3.96. The van der Waals surface area contributed by atoms with E-state index in [0.29, 0.717) is 47.9 Å². The van der Waals surface area contributed by atoms with Gasteiger partial charge in [-0.05, 0) is 48.1 Å². The largest absolute Gasteiger partial charge is 0.450 e. The molecule has 1 aliphatic rings. The van der Waals surface area contributed by atoms with Crippen LogP contribution in [0.25, 0.3) is 11.1 Å². The van der Waals surface area contributed by atoms with Gasteiger partial charge >= 0.3 is 0 Å². The van der Waals surface area contributed by atoms with Crippen LogP contribution in [0.4, 0.5) is 17.6 Å². The van der Waals surface area contributed by atoms with Crippen LogP contribution in [0, 0.1) is 23.3 Å². The van der Waals surface area contributed by atoms with E-state index < -0.39 is 23.3 Å². The Bertz CT molecular complexity index is 1170. The van der Waals surface area contributed by atoms with Gasteiger partial charge in [-0.2, -0.15) is 4.39 Å². The van der Waals surface area contributed by atoms with Crippen LogP contribution in [0.5, 0.6) is 11.5 Å². The van der Waals surface area contributed by atoms with Gasteiger partial charge in [0.15, 0.2) is 23.1 Å². The molecule has 0 radical (unpaired) electrons. The molecule has 0 spiro atoms. The highest BCUT2D eigenvalue weighted by molar-refractivity contribution is 5.69. The van der Waals surface area contributed by atoms with E-state index in [-0.39, 0.29) is 29.0 Å². The van der Waals surface area contributed by atoms with Gasteiger partial charge in [0.25, 0.3) is 0 Å². The zero-order valence-electron chi connectivity index (χ0n) is 17.2. The van der Waals surface area contributed by atoms with E-state index in [0.717, 1.165) is 0 Å². The molecule has 5 heteroatoms. The molecule has 0 atom stereocenters. The molecule has 31 heavy (non-hydrogen) atoms. The first-order valence-corrected chi connectivity index (χ1v) is 10.3. The number of rotatable bonds is 6. The summed E-state index contributed by atoms with van der Waals surface area (Å²) in [6.45, 7) is 5.51. The van der Waals surface area contributed by atoms with Gasteiger partial charge < -0.3 is 4.74 Å². The van der Waals surface area contributed by atoms with Gasteiger partial charge in [0.1, 0.15) is 5.82 Å². The van der Waals surface area contributed by atoms with Crippen LogP contribution >= 0.6 is 0 Å². The molecule has 0 unspecified atom stereocenters. The average molecular weight is 426 g/mol. The molecule has 1 heterocycles. The third-order valence-electron chi connectivity index (χ3n) is 5.58. The van der Waals surface area contributed by atoms with Crippen LogP contribution in [0.1, 0.15) is 42.0 Å². The summed E-state index contributed by atoms with van der Waals surface area (Å²) in [7, 11) is 0. The second-order valence-corrected chi connectivity index (χ2v) is 7.73. The van der Waals surface area contributed by atoms with Crippen LogP contribution < -0.4 is 4.74 Å². The summed E-state index contributed by atoms with van der Waals surface area (Å²) < 4.78 is 64.3. The number of aryl methyl sites for hydroxylation is 2. The molecule has 4 rings (SSSR count). The van der Waals surface area contributed by atoms with Crippen molar-refractivity contribution in [2.45, 2.75) is 39.0 Å². The van der Waals surface area contributed by atoms with E-state index in [1.165, 1.54) is 6.07 Å². The average Bonchev–Trinajstić information content (AvgIpc) is 2.76. The summed E-state index contributed by atoms with van der Waals surface area (Å²) in [5, 5.41) is 0. The summed E-state index contributed by atoms with van der Waals surface area (Å²) in [6, 6.07) is 9.36. The maximum atomic E-state index is 15.3. The van der Waals surface area contributed by atoms with E-state index in [9.17, 15) is 13.2 Å². The Morgan fingerprint density at radius 1 is 0.871 bits per heavy atom. The van der Waals surface area contributed by atoms with E-state index in [2.05, 4.69) is 6.58 Å². The summed E-state index contributed by atoms with van der Waals surface area (Å²) in [5.41, 5.74) is 2.31. The highest BCUT2D eigenvalue weighted by Crippen LogP contribution is 2.44. The van der Waals surface area contributed by atoms with Crippen molar-refractivity contribution in [3.63, 3.8) is 0 Å². The number of ether oxygens (including phenoxy) is 1. The number of allylic oxidation sites excluding steroid dienone is 1. The van der Waals surface area contributed by atoms with Gasteiger partial charge in [-0.3, -0.25) is 0 Å². The van der Waals surface area contributed by atoms with Gasteiger partial charge in [-0.1, -0.05) is 43.7 Å². The normalized spacial score (nSPS) is 12.2. The fourth-order valence-corrected chi connectivity index (χ4v) is 3.96. The maximum Gasteiger partial charge on any atom is 0.201 e. The molecule has 0 fully saturated rings. The molecule has 0 amide bonds. The molecule has 0 N–H and O–H groups in total. The first-order valence-electron chi connectivity index (χ1n) is 10.3. The Labute approximate surface area is 179 Å². The monoisotopic (exact) mass is 426 g/mol. The fraction of sp³-hybridized carbons (Fsp3) is 0.231. The lowest BCUT2D eigenvalue weighted by Crippen LogP contribution is -2.10. The Hall–Kier alpha value is -3.08. The SMILES string of the molecule is C=CCCc1ccc(-c2ccc3c(c2F)Oc2c(cc(CCC)c(F)c2F)C3)cc1F. The van der Waals surface area contributed by atoms with Gasteiger partial charge in [0.05, 0.1) is 0 Å². The standard InChI is InChI=1S/C26H22F4O/c1-3-5-7-15-8-9-16(14-21(15)27)20-11-10-18-13-19-12-17(6-4-2)22(28)24(30)26(19)31-25(18)23(20)29/h3,8-12,14H,1,4-7,13H2,2H3. The predicted molar refractivity (Wildman–Crippen MR) is 114 cm³/mol. The first-order chi connectivity index (χ1) is 14.9. The lowest BCUT2D eigenvalue weighted by atomic mass is 9.93. The summed E-state index contributed by atoms with van der Waals surface area (Å²) in [4.78, 5) is 0. The Kier molecular flexibility index (Phi) is 5.86. The summed E-state index contributed by atoms with van der Waals surface area (Å²) in [5.74, 6) is -3.65. The van der Waals surface area contributed by atoms with Crippen molar-refractivity contribution < 1.29 is 22.3 Å². The molecular formula is C26H22F4O. The Balaban J connectivity index is 1.72. The quantitative estimate of drug-likeness (QED) is 0.227. The molecule has 3 aromatic carbocycles. The first kappa shape index (κ1) is 21.2. The molecule has 0 aromatic heterocycles. The van der Waals surface area contributed by atoms with Crippen LogP contribution in [0.2, 0.25) is 0 Å². The number of benzene rings is 3. The van der Waals surface area contributed by atoms with Crippen molar-refractivity contribution >= 4 is 0 Å². The number of hydrogen-bond donors (Lipinski definition) is 0. The molecule has 0 saturated heterocycles. The topological polar surface area (TPSA) is 9.23 Å². The van der Waals surface area contributed by atoms with Crippen LogP contribution in [-0.2, 0) is 19.3 Å². The minimum atomic E-state index is -1.10. The van der Waals surface area contributed by atoms with Crippen molar-refractivity contribution in [1.82, 2.24) is 0 Å². The molecular weight excluding hydrogens is 404 g/mol. The van der Waals surface area contributed by atoms with Gasteiger partial charge in [0.2, 0.25) is 5.82 Å². The number of fused-ring (bicyclic) bond motifs is 2. The number of hydrogen-bond acceptors (Lipinski definition) is 1. The van der Waals surface area contributed by atoms with E-state index in [1.807, 2.05) is 6.92 Å². The highest BCUT2D eigenvalue weighted by atomic mass is 19.2. The zero-order valence-corrected chi connectivity index (χ0v) is 17.2. The second kappa shape index (κ2) is 8.58. The molecule has 0 saturated carbocycles. The van der Waals surface area contributed by atoms with Crippen molar-refractivity contribution in [1.29, 1.82) is 0 Å². The van der Waals surface area contributed by atoms with Crippen LogP contribution in [0.15, 0.2) is 49.1 Å². The van der Waals surface area contributed by atoms with Crippen molar-refractivity contribution in [3.8, 4) is 22.6 Å². The zero-order chi connectivity index (χ0) is 22.1. The molecule has 0 bridgehead atoms. The maximum absolute atomic E-state index is 15.3. The lowest BCUT2D eigenvalue weighted by Gasteiger charge is -2.23. The van der Waals surface area contributed by atoms with Crippen LogP contribution in [-0.4, -0.2) is 0 Å². The minimum Gasteiger partial charge on any atom is -0.450 e. The second-order valence-electron chi connectivity index (χ2n) is 7.73. The lowest BCUT2D eigenvalue weighted by molar-refractivity contribution is 0.380. The smallest absolute Gasteiger partial charge is 0.201 e. The van der Waals surface area contributed by atoms with Crippen molar-refractivity contribution in [3.05, 3.63) is 94.6 Å². The predicted octanol–water partition coefficient (Wildman–Crippen LogP) is 7.68. The molecule has 3 aromatic rings. The van der Waals surface area contributed by atoms with E-state index >= 15 is 4.39 Å². The Morgan fingerprint density at radius 2 is 1.65 bits per heavy atom. The van der Waals surface area contributed by atoms with Gasteiger partial charge in [-0.15, -0.1) is 6.58 Å². The Morgan fingerprint density at radius 3 is 2.35 bits per heavy atom. The van der Waals surface area contributed by atoms with Crippen molar-refractivity contribution in [2.24, 2.45) is 0 Å². The van der Waals surface area contributed by atoms with Crippen molar-refractivity contribution in [2.75, 3.05) is 0 Å². The third-order valence-corrected chi connectivity index (χ3v) is 5.58. The molecule has 1 aliphatic heterocycles. The third kappa shape index (κ3) is 3.85. The molecule has 0 aliphatic carbocycles. The molecule has 1 nitrogen and oxygen atoms in total. The van der Waals surface area contributed by atoms with Gasteiger partial charge in [0, 0.05) is 23.1 Å². The van der Waals surface area contributed by atoms with Gasteiger partial charge in [-0.25, -0.2) is 13.2 Å². The highest BCUT2D eigenvalue weighted by Gasteiger charge is 2.28. The molecule has 160 valence electrons.